The Morgan fingerprint density at radius 1 is 1.04 bits per heavy atom. The molecule has 2 aliphatic rings. The number of rotatable bonds is 16. The molecule has 278 valence electrons. The number of aromatic nitrogens is 4. The number of tetrazole rings is 1. The highest BCUT2D eigenvalue weighted by Crippen LogP contribution is 2.41. The molecule has 4 rings (SSSR count). The van der Waals surface area contributed by atoms with E-state index in [9.17, 15) is 10.1 Å². The molecule has 17 heteroatoms. The number of ether oxygens (including phenoxy) is 2. The fourth-order valence-corrected chi connectivity index (χ4v) is 9.81. The fraction of sp³-hybridized carbons (Fsp3) is 0.697. The van der Waals surface area contributed by atoms with Crippen LogP contribution in [0.2, 0.25) is 58.9 Å². The second-order valence-corrected chi connectivity index (χ2v) is 29.9. The Kier molecular flexibility index (Phi) is 13.1. The van der Waals surface area contributed by atoms with Crippen molar-refractivity contribution in [1.82, 2.24) is 20.2 Å². The van der Waals surface area contributed by atoms with Crippen LogP contribution in [0, 0.1) is 22.0 Å². The first kappa shape index (κ1) is 40.1. The van der Waals surface area contributed by atoms with E-state index < -0.39 is 29.9 Å². The van der Waals surface area contributed by atoms with Crippen LogP contribution in [0.3, 0.4) is 0 Å². The third kappa shape index (κ3) is 12.2. The first-order valence-corrected chi connectivity index (χ1v) is 27.7. The lowest BCUT2D eigenvalue weighted by Gasteiger charge is -2.47. The molecule has 0 bridgehead atoms. The van der Waals surface area contributed by atoms with Crippen molar-refractivity contribution in [3.8, 4) is 0 Å². The van der Waals surface area contributed by atoms with Crippen molar-refractivity contribution >= 4 is 42.2 Å². The maximum Gasteiger partial charge on any atom is 0.269 e. The molecule has 0 radical (unpaired) electrons. The van der Waals surface area contributed by atoms with Gasteiger partial charge in [0.05, 0.1) is 47.7 Å². The highest BCUT2D eigenvalue weighted by Gasteiger charge is 2.51. The van der Waals surface area contributed by atoms with Crippen molar-refractivity contribution in [2.75, 3.05) is 12.0 Å². The number of non-ortho nitro benzene ring substituents is 1. The minimum Gasteiger partial charge on any atom is -0.415 e. The lowest BCUT2D eigenvalue weighted by molar-refractivity contribution is -0.384. The second kappa shape index (κ2) is 16.4. The third-order valence-electron chi connectivity index (χ3n) is 8.44. The summed E-state index contributed by atoms with van der Waals surface area (Å²) in [4.78, 5) is 11.9. The number of nitrogens with zero attached hydrogens (tertiary/aromatic N) is 6. The maximum absolute atomic E-state index is 11.1. The number of epoxide rings is 1. The SMILES string of the molecule is C/C(=C\C(=N\Nc1ccc([N+](=O)[O-])cc1)n1ncnn1)C[C@@H]1OC[C@H](C[C@@H]2O[C@H]2[C@@H](C)[C@H](C)O[Si](C)(C)C)[C@@H](O[Si](C)(C)C)[C@H]1O[Si](C)(C)C. The summed E-state index contributed by atoms with van der Waals surface area (Å²) in [5.74, 6) is 0.816. The highest BCUT2D eigenvalue weighted by atomic mass is 28.4. The Morgan fingerprint density at radius 2 is 1.68 bits per heavy atom. The van der Waals surface area contributed by atoms with Gasteiger partial charge in [0.15, 0.2) is 37.1 Å². The summed E-state index contributed by atoms with van der Waals surface area (Å²) in [7, 11) is -5.68. The normalized spacial score (nSPS) is 26.4. The molecule has 50 heavy (non-hydrogen) atoms. The number of hydrogen-bond donors (Lipinski definition) is 1. The molecule has 2 saturated heterocycles. The predicted molar refractivity (Wildman–Crippen MR) is 202 cm³/mol. The Hall–Kier alpha value is -2.65. The van der Waals surface area contributed by atoms with E-state index in [1.807, 2.05) is 13.0 Å². The molecular weight excluding hydrogens is 691 g/mol. The van der Waals surface area contributed by atoms with Crippen LogP contribution in [0.5, 0.6) is 0 Å². The standard InChI is InChI=1S/C33H57N7O7Si3/c1-22(18-30(39-35-21-34-38-39)37-36-26-13-15-27(16-14-26)40(41)42)17-28-33(47-50(10,11)12)32(46-49(7,8)9)25(20-43-28)19-29-31(44-29)23(2)24(3)45-48(4,5)6/h13-16,18,21,23-25,28-29,31-33,36H,17,19-20H2,1-12H3/b22-18+,37-30-/t23-,24-,25-,28-,29-,31-,32+,33-/m0/s1. The van der Waals surface area contributed by atoms with E-state index in [4.69, 9.17) is 22.8 Å². The summed E-state index contributed by atoms with van der Waals surface area (Å²) in [5, 5.41) is 27.6. The van der Waals surface area contributed by atoms with Gasteiger partial charge in [-0.15, -0.1) is 15.0 Å². The smallest absolute Gasteiger partial charge is 0.269 e. The average molecular weight is 748 g/mol. The van der Waals surface area contributed by atoms with Crippen LogP contribution in [0.4, 0.5) is 11.4 Å². The summed E-state index contributed by atoms with van der Waals surface area (Å²) < 4.78 is 33.3. The molecule has 3 heterocycles. The van der Waals surface area contributed by atoms with Gasteiger partial charge in [0.25, 0.3) is 5.69 Å². The summed E-state index contributed by atoms with van der Waals surface area (Å²) in [6, 6.07) is 6.00. The molecule has 8 atom stereocenters. The van der Waals surface area contributed by atoms with Crippen LogP contribution in [0.25, 0.3) is 0 Å². The molecule has 2 aromatic rings. The Labute approximate surface area is 299 Å². The number of hydrazone groups is 1. The number of nitrogens with one attached hydrogen (secondary N) is 1. The highest BCUT2D eigenvalue weighted by molar-refractivity contribution is 6.70. The van der Waals surface area contributed by atoms with Gasteiger partial charge in [-0.2, -0.15) is 5.10 Å². The molecule has 1 aromatic carbocycles. The Balaban J connectivity index is 1.54. The quantitative estimate of drug-likeness (QED) is 0.0487. The van der Waals surface area contributed by atoms with Gasteiger partial charge in [-0.3, -0.25) is 15.5 Å². The van der Waals surface area contributed by atoms with E-state index in [1.165, 1.54) is 23.3 Å². The summed E-state index contributed by atoms with van der Waals surface area (Å²) in [6.45, 7) is 26.9. The lowest BCUT2D eigenvalue weighted by Crippen LogP contribution is -2.58. The van der Waals surface area contributed by atoms with E-state index in [0.717, 1.165) is 12.0 Å². The first-order valence-electron chi connectivity index (χ1n) is 17.5. The molecule has 1 aromatic heterocycles. The van der Waals surface area contributed by atoms with Crippen molar-refractivity contribution in [2.45, 2.75) is 129 Å². The predicted octanol–water partition coefficient (Wildman–Crippen LogP) is 6.68. The van der Waals surface area contributed by atoms with Gasteiger partial charge >= 0.3 is 0 Å². The minimum atomic E-state index is -2.03. The van der Waals surface area contributed by atoms with Crippen molar-refractivity contribution in [1.29, 1.82) is 0 Å². The van der Waals surface area contributed by atoms with E-state index in [2.05, 4.69) is 98.7 Å². The van der Waals surface area contributed by atoms with E-state index in [0.29, 0.717) is 30.5 Å². The van der Waals surface area contributed by atoms with Gasteiger partial charge < -0.3 is 22.8 Å². The van der Waals surface area contributed by atoms with Crippen LogP contribution >= 0.6 is 0 Å². The number of nitro groups is 1. The topological polar surface area (TPSA) is 161 Å². The molecule has 0 aliphatic carbocycles. The van der Waals surface area contributed by atoms with Crippen LogP contribution in [0.15, 0.2) is 47.3 Å². The molecule has 14 nitrogen and oxygen atoms in total. The van der Waals surface area contributed by atoms with E-state index >= 15 is 0 Å². The van der Waals surface area contributed by atoms with Gasteiger partial charge in [-0.05, 0) is 109 Å². The van der Waals surface area contributed by atoms with Crippen molar-refractivity contribution in [2.24, 2.45) is 16.9 Å². The number of nitro benzene ring substituents is 1. The summed E-state index contributed by atoms with van der Waals surface area (Å²) in [5.41, 5.74) is 4.49. The zero-order chi connectivity index (χ0) is 37.0. The van der Waals surface area contributed by atoms with Crippen LogP contribution in [-0.2, 0) is 22.8 Å². The van der Waals surface area contributed by atoms with Crippen molar-refractivity contribution in [3.63, 3.8) is 0 Å². The lowest BCUT2D eigenvalue weighted by atomic mass is 9.85. The number of hydrogen-bond acceptors (Lipinski definition) is 12. The van der Waals surface area contributed by atoms with E-state index in [-0.39, 0.29) is 48.2 Å². The minimum absolute atomic E-state index is 0.00431. The van der Waals surface area contributed by atoms with Gasteiger partial charge in [0.1, 0.15) is 0 Å². The van der Waals surface area contributed by atoms with Gasteiger partial charge in [0, 0.05) is 30.1 Å². The van der Waals surface area contributed by atoms with Crippen molar-refractivity contribution < 1.29 is 27.7 Å². The average Bonchev–Trinajstić information content (AvgIpc) is 3.53. The molecule has 0 unspecified atom stereocenters. The number of anilines is 1. The monoisotopic (exact) mass is 747 g/mol. The Bertz CT molecular complexity index is 1470. The van der Waals surface area contributed by atoms with Crippen LogP contribution in [0.1, 0.15) is 33.6 Å². The Morgan fingerprint density at radius 3 is 2.24 bits per heavy atom. The summed E-state index contributed by atoms with van der Waals surface area (Å²) in [6.07, 6.45) is 4.43. The van der Waals surface area contributed by atoms with Crippen LogP contribution < -0.4 is 5.43 Å². The molecule has 0 spiro atoms. The number of allylic oxidation sites excluding steroid dienone is 1. The molecular formula is C33H57N7O7Si3. The van der Waals surface area contributed by atoms with Gasteiger partial charge in [0.2, 0.25) is 0 Å². The van der Waals surface area contributed by atoms with Gasteiger partial charge in [-0.1, -0.05) is 12.5 Å². The zero-order valence-corrected chi connectivity index (χ0v) is 34.7. The van der Waals surface area contributed by atoms with Crippen LogP contribution in [-0.4, -0.2) is 99.1 Å². The largest absolute Gasteiger partial charge is 0.415 e. The third-order valence-corrected chi connectivity index (χ3v) is 11.5. The molecule has 0 saturated carbocycles. The molecule has 1 N–H and O–H groups in total. The molecule has 2 aliphatic heterocycles. The fourth-order valence-electron chi connectivity index (χ4n) is 6.24. The zero-order valence-electron chi connectivity index (χ0n) is 31.7. The van der Waals surface area contributed by atoms with E-state index in [1.54, 1.807) is 12.1 Å². The van der Waals surface area contributed by atoms with Crippen molar-refractivity contribution in [3.05, 3.63) is 52.4 Å². The molecule has 2 fully saturated rings. The molecule has 0 amide bonds. The first-order chi connectivity index (χ1) is 23.2. The second-order valence-electron chi connectivity index (χ2n) is 16.5. The maximum atomic E-state index is 11.1. The van der Waals surface area contributed by atoms with Gasteiger partial charge in [-0.25, -0.2) is 0 Å². The number of benzene rings is 1. The summed E-state index contributed by atoms with van der Waals surface area (Å²) >= 11 is 0.